The van der Waals surface area contributed by atoms with Crippen LogP contribution in [-0.2, 0) is 4.74 Å². The maximum atomic E-state index is 12.0. The van der Waals surface area contributed by atoms with Crippen molar-refractivity contribution in [3.8, 4) is 0 Å². The van der Waals surface area contributed by atoms with Crippen LogP contribution in [0.3, 0.4) is 0 Å². The van der Waals surface area contributed by atoms with Gasteiger partial charge in [0.2, 0.25) is 0 Å². The molecule has 1 aromatic carbocycles. The van der Waals surface area contributed by atoms with Gasteiger partial charge in [0.25, 0.3) is 5.91 Å². The van der Waals surface area contributed by atoms with E-state index in [1.165, 1.54) is 13.2 Å². The molecule has 0 unspecified atom stereocenters. The summed E-state index contributed by atoms with van der Waals surface area (Å²) in [6.45, 7) is 0. The van der Waals surface area contributed by atoms with Gasteiger partial charge in [-0.3, -0.25) is 4.79 Å². The topological polar surface area (TPSA) is 68.3 Å². The zero-order valence-corrected chi connectivity index (χ0v) is 11.3. The van der Waals surface area contributed by atoms with Gasteiger partial charge in [-0.05, 0) is 24.3 Å². The van der Waals surface area contributed by atoms with Crippen LogP contribution in [0.1, 0.15) is 20.8 Å². The van der Waals surface area contributed by atoms with Crippen molar-refractivity contribution >= 4 is 29.2 Å². The highest BCUT2D eigenvalue weighted by Crippen LogP contribution is 2.17. The number of ether oxygens (including phenoxy) is 1. The minimum Gasteiger partial charge on any atom is -0.465 e. The summed E-state index contributed by atoms with van der Waals surface area (Å²) in [6, 6.07) is 11.3. The van der Waals surface area contributed by atoms with Gasteiger partial charge in [0, 0.05) is 0 Å². The summed E-state index contributed by atoms with van der Waals surface area (Å²) in [7, 11) is 1.28. The van der Waals surface area contributed by atoms with Crippen LogP contribution in [0.15, 0.2) is 42.5 Å². The van der Waals surface area contributed by atoms with E-state index in [0.29, 0.717) is 5.69 Å². The zero-order valence-electron chi connectivity index (χ0n) is 10.6. The molecular weight excluding hydrogens is 280 g/mol. The number of aromatic nitrogens is 1. The maximum absolute atomic E-state index is 12.0. The van der Waals surface area contributed by atoms with Gasteiger partial charge >= 0.3 is 5.97 Å². The first-order valence-corrected chi connectivity index (χ1v) is 6.11. The van der Waals surface area contributed by atoms with Gasteiger partial charge in [0.05, 0.1) is 18.4 Å². The number of hydrogen-bond donors (Lipinski definition) is 1. The van der Waals surface area contributed by atoms with Gasteiger partial charge in [-0.15, -0.1) is 0 Å². The summed E-state index contributed by atoms with van der Waals surface area (Å²) in [6.07, 6.45) is 0. The predicted molar refractivity (Wildman–Crippen MR) is 75.0 cm³/mol. The zero-order chi connectivity index (χ0) is 14.5. The molecule has 102 valence electrons. The van der Waals surface area contributed by atoms with E-state index in [4.69, 9.17) is 11.6 Å². The second kappa shape index (κ2) is 6.16. The highest BCUT2D eigenvalue weighted by atomic mass is 35.5. The summed E-state index contributed by atoms with van der Waals surface area (Å²) in [5, 5.41) is 2.83. The maximum Gasteiger partial charge on any atom is 0.339 e. The number of benzene rings is 1. The molecule has 0 spiro atoms. The number of esters is 1. The van der Waals surface area contributed by atoms with Crippen LogP contribution in [-0.4, -0.2) is 24.0 Å². The average Bonchev–Trinajstić information content (AvgIpc) is 2.47. The highest BCUT2D eigenvalue weighted by Gasteiger charge is 2.14. The first-order valence-electron chi connectivity index (χ1n) is 5.73. The molecule has 0 radical (unpaired) electrons. The van der Waals surface area contributed by atoms with Crippen LogP contribution in [0.4, 0.5) is 5.69 Å². The summed E-state index contributed by atoms with van der Waals surface area (Å²) >= 11 is 5.73. The van der Waals surface area contributed by atoms with E-state index in [-0.39, 0.29) is 16.4 Å². The van der Waals surface area contributed by atoms with Crippen LogP contribution in [0.2, 0.25) is 5.15 Å². The lowest BCUT2D eigenvalue weighted by Gasteiger charge is -2.09. The molecule has 1 aromatic heterocycles. The van der Waals surface area contributed by atoms with E-state index in [1.54, 1.807) is 36.4 Å². The van der Waals surface area contributed by atoms with E-state index in [9.17, 15) is 9.59 Å². The summed E-state index contributed by atoms with van der Waals surface area (Å²) < 4.78 is 4.66. The quantitative estimate of drug-likeness (QED) is 0.697. The molecule has 0 saturated carbocycles. The third-order valence-electron chi connectivity index (χ3n) is 2.53. The number of amides is 1. The van der Waals surface area contributed by atoms with Crippen LogP contribution >= 0.6 is 11.6 Å². The summed E-state index contributed by atoms with van der Waals surface area (Å²) in [4.78, 5) is 27.5. The molecule has 0 atom stereocenters. The van der Waals surface area contributed by atoms with Crippen molar-refractivity contribution < 1.29 is 14.3 Å². The Hall–Kier alpha value is -2.40. The summed E-state index contributed by atoms with van der Waals surface area (Å²) in [5.41, 5.74) is 0.786. The third-order valence-corrected chi connectivity index (χ3v) is 2.74. The number of carbonyl (C=O) groups is 2. The lowest BCUT2D eigenvalue weighted by molar-refractivity contribution is 0.0602. The van der Waals surface area contributed by atoms with E-state index in [2.05, 4.69) is 15.0 Å². The van der Waals surface area contributed by atoms with Gasteiger partial charge in [-0.25, -0.2) is 9.78 Å². The number of nitrogens with zero attached hydrogens (tertiary/aromatic N) is 1. The molecule has 0 bridgehead atoms. The van der Waals surface area contributed by atoms with Crippen molar-refractivity contribution in [2.45, 2.75) is 0 Å². The Labute approximate surface area is 120 Å². The molecule has 0 aliphatic rings. The molecule has 5 nitrogen and oxygen atoms in total. The van der Waals surface area contributed by atoms with Gasteiger partial charge in [0.1, 0.15) is 10.8 Å². The van der Waals surface area contributed by atoms with Crippen molar-refractivity contribution in [3.05, 3.63) is 58.9 Å². The Morgan fingerprint density at radius 3 is 2.60 bits per heavy atom. The Bertz CT molecular complexity index is 658. The fourth-order valence-electron chi connectivity index (χ4n) is 1.60. The van der Waals surface area contributed by atoms with Gasteiger partial charge in [0.15, 0.2) is 0 Å². The molecule has 0 fully saturated rings. The number of carbonyl (C=O) groups excluding carboxylic acids is 2. The second-order valence-corrected chi connectivity index (χ2v) is 4.22. The van der Waals surface area contributed by atoms with Crippen molar-refractivity contribution in [2.24, 2.45) is 0 Å². The number of pyridine rings is 1. The standard InChI is InChI=1S/C14H11ClN2O3/c1-20-14(19)9-5-2-3-6-10(9)17-13(18)11-7-4-8-12(15)16-11/h2-8H,1H3,(H,17,18). The lowest BCUT2D eigenvalue weighted by atomic mass is 10.1. The van der Waals surface area contributed by atoms with Crippen LogP contribution in [0.5, 0.6) is 0 Å². The molecule has 20 heavy (non-hydrogen) atoms. The molecule has 1 N–H and O–H groups in total. The molecule has 0 aliphatic carbocycles. The number of para-hydroxylation sites is 1. The normalized spacial score (nSPS) is 9.90. The first-order chi connectivity index (χ1) is 9.61. The Kier molecular flexibility index (Phi) is 4.32. The lowest BCUT2D eigenvalue weighted by Crippen LogP contribution is -2.16. The van der Waals surface area contributed by atoms with Crippen LogP contribution < -0.4 is 5.32 Å². The van der Waals surface area contributed by atoms with Crippen molar-refractivity contribution in [1.82, 2.24) is 4.98 Å². The number of halogens is 1. The number of methoxy groups -OCH3 is 1. The number of hydrogen-bond acceptors (Lipinski definition) is 4. The molecule has 0 saturated heterocycles. The number of rotatable bonds is 3. The van der Waals surface area contributed by atoms with Gasteiger partial charge in [-0.1, -0.05) is 29.8 Å². The van der Waals surface area contributed by atoms with E-state index >= 15 is 0 Å². The average molecular weight is 291 g/mol. The SMILES string of the molecule is COC(=O)c1ccccc1NC(=O)c1cccc(Cl)n1. The minimum absolute atomic E-state index is 0.164. The minimum atomic E-state index is -0.528. The molecule has 2 rings (SSSR count). The van der Waals surface area contributed by atoms with Crippen molar-refractivity contribution in [1.29, 1.82) is 0 Å². The van der Waals surface area contributed by atoms with E-state index in [1.807, 2.05) is 0 Å². The fraction of sp³-hybridized carbons (Fsp3) is 0.0714. The Morgan fingerprint density at radius 2 is 1.90 bits per heavy atom. The van der Waals surface area contributed by atoms with Gasteiger partial charge in [-0.2, -0.15) is 0 Å². The molecular formula is C14H11ClN2O3. The Balaban J connectivity index is 2.26. The van der Waals surface area contributed by atoms with E-state index in [0.717, 1.165) is 0 Å². The molecule has 1 amide bonds. The van der Waals surface area contributed by atoms with Crippen molar-refractivity contribution in [3.63, 3.8) is 0 Å². The first kappa shape index (κ1) is 14.0. The van der Waals surface area contributed by atoms with Crippen LogP contribution in [0.25, 0.3) is 0 Å². The van der Waals surface area contributed by atoms with Crippen molar-refractivity contribution in [2.75, 3.05) is 12.4 Å². The molecule has 0 aliphatic heterocycles. The highest BCUT2D eigenvalue weighted by molar-refractivity contribution is 6.29. The molecule has 2 aromatic rings. The largest absolute Gasteiger partial charge is 0.465 e. The Morgan fingerprint density at radius 1 is 1.15 bits per heavy atom. The molecule has 6 heteroatoms. The van der Waals surface area contributed by atoms with E-state index < -0.39 is 11.9 Å². The smallest absolute Gasteiger partial charge is 0.339 e. The second-order valence-electron chi connectivity index (χ2n) is 3.84. The monoisotopic (exact) mass is 290 g/mol. The third kappa shape index (κ3) is 3.13. The number of nitrogens with one attached hydrogen (secondary N) is 1. The van der Waals surface area contributed by atoms with Crippen LogP contribution in [0, 0.1) is 0 Å². The number of anilines is 1. The fourth-order valence-corrected chi connectivity index (χ4v) is 1.76. The molecule has 1 heterocycles. The predicted octanol–water partition coefficient (Wildman–Crippen LogP) is 2.77. The summed E-state index contributed by atoms with van der Waals surface area (Å²) in [5.74, 6) is -0.983. The van der Waals surface area contributed by atoms with Gasteiger partial charge < -0.3 is 10.1 Å².